The molecule has 0 bridgehead atoms. The molecule has 1 spiro atoms. The number of nitrogens with one attached hydrogen (secondary N) is 3. The summed E-state index contributed by atoms with van der Waals surface area (Å²) in [5, 5.41) is 14.3. The lowest BCUT2D eigenvalue weighted by Gasteiger charge is -2.23. The average molecular weight is 546 g/mol. The van der Waals surface area contributed by atoms with E-state index in [4.69, 9.17) is 25.4 Å². The third kappa shape index (κ3) is 8.27. The van der Waals surface area contributed by atoms with Gasteiger partial charge in [-0.3, -0.25) is 19.8 Å². The van der Waals surface area contributed by atoms with E-state index in [0.717, 1.165) is 23.7 Å². The van der Waals surface area contributed by atoms with Crippen molar-refractivity contribution in [3.63, 3.8) is 0 Å². The van der Waals surface area contributed by atoms with Crippen LogP contribution in [0.25, 0.3) is 0 Å². The maximum Gasteiger partial charge on any atom is 0.243 e. The van der Waals surface area contributed by atoms with Crippen LogP contribution in [0.15, 0.2) is 41.8 Å². The van der Waals surface area contributed by atoms with Crippen molar-refractivity contribution in [3.05, 3.63) is 52.2 Å². The van der Waals surface area contributed by atoms with Gasteiger partial charge in [0, 0.05) is 22.2 Å². The first-order chi connectivity index (χ1) is 18.4. The van der Waals surface area contributed by atoms with Crippen LogP contribution in [-0.4, -0.2) is 73.7 Å². The third-order valence-corrected chi connectivity index (χ3v) is 6.91. The number of ether oxygens (including phenoxy) is 3. The van der Waals surface area contributed by atoms with Crippen LogP contribution in [-0.2, 0) is 30.4 Å². The summed E-state index contributed by atoms with van der Waals surface area (Å²) in [7, 11) is 0. The molecule has 0 saturated carbocycles. The zero-order chi connectivity index (χ0) is 27.4. The summed E-state index contributed by atoms with van der Waals surface area (Å²) in [6, 6.07) is 10.9. The fourth-order valence-electron chi connectivity index (χ4n) is 4.03. The third-order valence-electron chi connectivity index (χ3n) is 5.98. The van der Waals surface area contributed by atoms with Gasteiger partial charge >= 0.3 is 0 Å². The van der Waals surface area contributed by atoms with Crippen LogP contribution in [0, 0.1) is 5.41 Å². The Morgan fingerprint density at radius 3 is 2.66 bits per heavy atom. The lowest BCUT2D eigenvalue weighted by molar-refractivity contribution is -0.152. The quantitative estimate of drug-likeness (QED) is 0.145. The highest BCUT2D eigenvalue weighted by Crippen LogP contribution is 2.35. The normalized spacial score (nSPS) is 17.4. The number of nitrogen functional groups attached to an aromatic ring is 1. The molecule has 3 heterocycles. The predicted octanol–water partition coefficient (Wildman–Crippen LogP) is 1.60. The molecule has 1 unspecified atom stereocenters. The number of amidine groups is 1. The Labute approximate surface area is 226 Å². The number of thiophene rings is 1. The maximum absolute atomic E-state index is 12.7. The van der Waals surface area contributed by atoms with Crippen LogP contribution in [0.2, 0.25) is 0 Å². The van der Waals surface area contributed by atoms with Crippen molar-refractivity contribution in [2.75, 3.05) is 32.9 Å². The molecule has 38 heavy (non-hydrogen) atoms. The highest BCUT2D eigenvalue weighted by atomic mass is 32.1. The number of unbranched alkanes of at least 4 members (excludes halogenated alkanes) is 1. The largest absolute Gasteiger partial charge is 0.494 e. The fraction of sp³-hybridized carbons (Fsp3) is 0.462. The van der Waals surface area contributed by atoms with E-state index < -0.39 is 11.8 Å². The number of likely N-dealkylation sites (tertiary alicyclic amines) is 1. The van der Waals surface area contributed by atoms with Crippen molar-refractivity contribution >= 4 is 35.4 Å². The van der Waals surface area contributed by atoms with Crippen LogP contribution in [0.3, 0.4) is 0 Å². The van der Waals surface area contributed by atoms with E-state index in [1.54, 1.807) is 11.4 Å². The number of carbonyl (C=O) groups excluding carboxylic acids is 3. The number of carbonyl (C=O) groups is 3. The second kappa shape index (κ2) is 14.5. The molecular formula is C26H35N5O6S. The van der Waals surface area contributed by atoms with E-state index in [0.29, 0.717) is 25.2 Å². The lowest BCUT2D eigenvalue weighted by Crippen LogP contribution is -2.48. The first-order valence-corrected chi connectivity index (χ1v) is 13.4. The minimum atomic E-state index is -0.969. The van der Waals surface area contributed by atoms with Gasteiger partial charge in [0.15, 0.2) is 5.79 Å². The Bertz CT molecular complexity index is 1070. The van der Waals surface area contributed by atoms with Gasteiger partial charge in [-0.05, 0) is 24.6 Å². The van der Waals surface area contributed by atoms with Gasteiger partial charge in [-0.1, -0.05) is 31.5 Å². The first kappa shape index (κ1) is 29.1. The zero-order valence-electron chi connectivity index (χ0n) is 21.4. The summed E-state index contributed by atoms with van der Waals surface area (Å²) in [4.78, 5) is 37.8. The maximum atomic E-state index is 12.7. The Balaban J connectivity index is 0.000000304. The number of rotatable bonds is 11. The van der Waals surface area contributed by atoms with Gasteiger partial charge in [0.25, 0.3) is 0 Å². The monoisotopic (exact) mass is 545 g/mol. The van der Waals surface area contributed by atoms with Gasteiger partial charge in [-0.15, -0.1) is 11.3 Å². The number of nitrogens with two attached hydrogens (primary N) is 1. The van der Waals surface area contributed by atoms with Crippen LogP contribution in [0.1, 0.15) is 36.6 Å². The smallest absolute Gasteiger partial charge is 0.243 e. The molecule has 2 aromatic rings. The summed E-state index contributed by atoms with van der Waals surface area (Å²) in [6.07, 6.45) is 2.99. The number of hydrogen-bond acceptors (Lipinski definition) is 8. The van der Waals surface area contributed by atoms with Crippen molar-refractivity contribution in [2.24, 2.45) is 5.73 Å². The van der Waals surface area contributed by atoms with Crippen molar-refractivity contribution < 1.29 is 28.6 Å². The molecule has 2 fully saturated rings. The van der Waals surface area contributed by atoms with Gasteiger partial charge in [-0.25, -0.2) is 0 Å². The molecule has 12 heteroatoms. The molecule has 206 valence electrons. The second-order valence-electron chi connectivity index (χ2n) is 8.80. The molecule has 0 aliphatic carbocycles. The number of hydrogen-bond donors (Lipinski definition) is 4. The highest BCUT2D eigenvalue weighted by molar-refractivity contribution is 7.10. The van der Waals surface area contributed by atoms with Crippen molar-refractivity contribution in [1.29, 1.82) is 5.41 Å². The van der Waals surface area contributed by atoms with Crippen LogP contribution < -0.4 is 21.1 Å². The topological polar surface area (TPSA) is 156 Å². The van der Waals surface area contributed by atoms with E-state index in [9.17, 15) is 14.4 Å². The molecule has 2 aliphatic rings. The molecular weight excluding hydrogens is 510 g/mol. The molecule has 2 saturated heterocycles. The Hall–Kier alpha value is -3.48. The molecule has 4 rings (SSSR count). The van der Waals surface area contributed by atoms with E-state index in [2.05, 4.69) is 17.6 Å². The van der Waals surface area contributed by atoms with E-state index in [-0.39, 0.29) is 43.7 Å². The van der Waals surface area contributed by atoms with Gasteiger partial charge in [0.2, 0.25) is 18.2 Å². The van der Waals surface area contributed by atoms with Crippen molar-refractivity contribution in [3.8, 4) is 5.75 Å². The number of para-hydroxylation sites is 1. The van der Waals surface area contributed by atoms with Crippen molar-refractivity contribution in [1.82, 2.24) is 15.5 Å². The summed E-state index contributed by atoms with van der Waals surface area (Å²) in [6.45, 7) is 4.01. The van der Waals surface area contributed by atoms with E-state index >= 15 is 0 Å². The first-order valence-electron chi connectivity index (χ1n) is 12.5. The molecule has 2 aliphatic heterocycles. The van der Waals surface area contributed by atoms with Gasteiger partial charge in [0.05, 0.1) is 39.5 Å². The van der Waals surface area contributed by atoms with Crippen LogP contribution in [0.5, 0.6) is 5.75 Å². The van der Waals surface area contributed by atoms with Gasteiger partial charge in [-0.2, -0.15) is 0 Å². The molecule has 11 nitrogen and oxygen atoms in total. The molecule has 1 aromatic heterocycles. The molecule has 1 atom stereocenters. The van der Waals surface area contributed by atoms with E-state index in [1.807, 2.05) is 30.3 Å². The molecule has 1 aromatic carbocycles. The van der Waals surface area contributed by atoms with Crippen molar-refractivity contribution in [2.45, 2.75) is 44.6 Å². The second-order valence-corrected chi connectivity index (χ2v) is 9.79. The molecule has 5 N–H and O–H groups in total. The Morgan fingerprint density at radius 2 is 2.03 bits per heavy atom. The minimum absolute atomic E-state index is 0.0310. The fourth-order valence-corrected chi connectivity index (χ4v) is 4.85. The summed E-state index contributed by atoms with van der Waals surface area (Å²) in [5.41, 5.74) is 6.05. The standard InChI is InChI=1S/C16H21N5O5S.C10H14O/c17-14(18)10-3-11(27-7-10)5-20-15(24)12-4-16(25-1-2-26-16)8-21(12)13(23)6-19-9-22;1-2-3-9-11-10-7-5-4-6-8-10/h3,7,9,12H,1-2,4-6,8H2,(H3,17,18)(H,19,22)(H,20,24);4-8H,2-3,9H2,1H3. The van der Waals surface area contributed by atoms with Crippen LogP contribution in [0.4, 0.5) is 0 Å². The average Bonchev–Trinajstić information content (AvgIpc) is 3.68. The van der Waals surface area contributed by atoms with Gasteiger partial charge in [0.1, 0.15) is 17.6 Å². The zero-order valence-corrected chi connectivity index (χ0v) is 22.3. The van der Waals surface area contributed by atoms with Gasteiger partial charge < -0.3 is 35.5 Å². The molecule has 3 amide bonds. The molecule has 0 radical (unpaired) electrons. The number of amides is 3. The lowest BCUT2D eigenvalue weighted by atomic mass is 10.1. The SMILES string of the molecule is CCCCOc1ccccc1.N=C(N)c1csc(CNC(=O)C2CC3(CN2C(=O)CNC=O)OCCO3)c1. The number of benzene rings is 1. The Kier molecular flexibility index (Phi) is 11.1. The van der Waals surface area contributed by atoms with Crippen LogP contribution >= 0.6 is 11.3 Å². The highest BCUT2D eigenvalue weighted by Gasteiger charge is 2.52. The minimum Gasteiger partial charge on any atom is -0.494 e. The summed E-state index contributed by atoms with van der Waals surface area (Å²) < 4.78 is 16.7. The Morgan fingerprint density at radius 1 is 1.29 bits per heavy atom. The number of nitrogens with zero attached hydrogens (tertiary/aromatic N) is 1. The summed E-state index contributed by atoms with van der Waals surface area (Å²) >= 11 is 1.39. The van der Waals surface area contributed by atoms with E-state index in [1.165, 1.54) is 22.7 Å². The summed E-state index contributed by atoms with van der Waals surface area (Å²) in [5.74, 6) is -0.738. The predicted molar refractivity (Wildman–Crippen MR) is 143 cm³/mol.